The molecule has 0 radical (unpaired) electrons. The first-order chi connectivity index (χ1) is 16.3. The predicted octanol–water partition coefficient (Wildman–Crippen LogP) is 3.69. The minimum absolute atomic E-state index is 0.0544. The lowest BCUT2D eigenvalue weighted by Crippen LogP contribution is -2.34. The van der Waals surface area contributed by atoms with Gasteiger partial charge in [0, 0.05) is 47.7 Å². The largest absolute Gasteiger partial charge is 0.484 e. The maximum Gasteiger partial charge on any atom is 0.274 e. The zero-order valence-electron chi connectivity index (χ0n) is 19.2. The third kappa shape index (κ3) is 5.01. The van der Waals surface area contributed by atoms with Crippen LogP contribution in [-0.2, 0) is 11.8 Å². The van der Waals surface area contributed by atoms with Crippen LogP contribution in [0.5, 0.6) is 5.75 Å². The molecular formula is C26H26N4O4. The molecule has 0 saturated heterocycles. The van der Waals surface area contributed by atoms with Crippen LogP contribution in [0.25, 0.3) is 22.0 Å². The number of anilines is 1. The summed E-state index contributed by atoms with van der Waals surface area (Å²) in [6, 6.07) is 16.0. The number of rotatable bonds is 7. The van der Waals surface area contributed by atoms with E-state index in [1.807, 2.05) is 32.0 Å². The highest BCUT2D eigenvalue weighted by Gasteiger charge is 2.12. The van der Waals surface area contributed by atoms with Gasteiger partial charge in [0.2, 0.25) is 0 Å². The molecule has 174 valence electrons. The molecule has 0 fully saturated rings. The van der Waals surface area contributed by atoms with Crippen LogP contribution in [0.15, 0.2) is 71.8 Å². The average Bonchev–Trinajstić information content (AvgIpc) is 3.31. The molecule has 8 nitrogen and oxygen atoms in total. The molecule has 2 aromatic heterocycles. The molecule has 2 amide bonds. The van der Waals surface area contributed by atoms with Crippen molar-refractivity contribution in [3.63, 3.8) is 0 Å². The highest BCUT2D eigenvalue weighted by atomic mass is 16.5. The summed E-state index contributed by atoms with van der Waals surface area (Å²) in [6.07, 6.45) is 3.54. The molecule has 0 aliphatic carbocycles. The summed E-state index contributed by atoms with van der Waals surface area (Å²) in [4.78, 5) is 39.6. The minimum atomic E-state index is -0.246. The number of H-pyrrole nitrogens is 1. The molecule has 34 heavy (non-hydrogen) atoms. The van der Waals surface area contributed by atoms with Gasteiger partial charge in [-0.3, -0.25) is 14.4 Å². The Morgan fingerprint density at radius 3 is 2.41 bits per heavy atom. The number of carbonyl (C=O) groups is 2. The van der Waals surface area contributed by atoms with Crippen LogP contribution in [0.3, 0.4) is 0 Å². The number of aromatic nitrogens is 2. The van der Waals surface area contributed by atoms with Crippen molar-refractivity contribution in [1.82, 2.24) is 14.9 Å². The Morgan fingerprint density at radius 1 is 1.03 bits per heavy atom. The van der Waals surface area contributed by atoms with E-state index >= 15 is 0 Å². The summed E-state index contributed by atoms with van der Waals surface area (Å²) < 4.78 is 7.00. The fourth-order valence-electron chi connectivity index (χ4n) is 3.65. The van der Waals surface area contributed by atoms with E-state index in [0.717, 1.165) is 16.5 Å². The maximum absolute atomic E-state index is 12.7. The summed E-state index contributed by atoms with van der Waals surface area (Å²) in [6.45, 7) is 3.70. The number of pyridine rings is 1. The Labute approximate surface area is 196 Å². The van der Waals surface area contributed by atoms with Gasteiger partial charge in [-0.15, -0.1) is 0 Å². The smallest absolute Gasteiger partial charge is 0.274 e. The number of benzene rings is 2. The van der Waals surface area contributed by atoms with Gasteiger partial charge in [0.25, 0.3) is 17.4 Å². The van der Waals surface area contributed by atoms with Crippen LogP contribution in [0, 0.1) is 0 Å². The molecule has 0 aliphatic rings. The number of fused-ring (bicyclic) bond motifs is 1. The van der Waals surface area contributed by atoms with E-state index in [1.165, 1.54) is 0 Å². The molecule has 3 N–H and O–H groups in total. The van der Waals surface area contributed by atoms with Crippen molar-refractivity contribution in [2.24, 2.45) is 7.05 Å². The quantitative estimate of drug-likeness (QED) is 0.393. The summed E-state index contributed by atoms with van der Waals surface area (Å²) in [5.74, 6) is 0.101. The molecule has 0 bridgehead atoms. The monoisotopic (exact) mass is 458 g/mol. The Kier molecular flexibility index (Phi) is 6.49. The van der Waals surface area contributed by atoms with E-state index in [1.54, 1.807) is 60.4 Å². The van der Waals surface area contributed by atoms with Gasteiger partial charge >= 0.3 is 0 Å². The lowest BCUT2D eigenvalue weighted by molar-refractivity contribution is -0.123. The Morgan fingerprint density at radius 2 is 1.74 bits per heavy atom. The van der Waals surface area contributed by atoms with Crippen LogP contribution >= 0.6 is 0 Å². The van der Waals surface area contributed by atoms with Gasteiger partial charge in [-0.2, -0.15) is 0 Å². The Bertz CT molecular complexity index is 1380. The van der Waals surface area contributed by atoms with Crippen molar-refractivity contribution >= 4 is 28.4 Å². The van der Waals surface area contributed by atoms with Crippen LogP contribution in [-0.4, -0.2) is 34.0 Å². The van der Waals surface area contributed by atoms with Crippen LogP contribution in [0.4, 0.5) is 5.69 Å². The number of amides is 2. The topological polar surface area (TPSA) is 105 Å². The van der Waals surface area contributed by atoms with E-state index in [-0.39, 0.29) is 30.0 Å². The van der Waals surface area contributed by atoms with Gasteiger partial charge in [0.05, 0.1) is 0 Å². The van der Waals surface area contributed by atoms with Gasteiger partial charge in [-0.25, -0.2) is 0 Å². The lowest BCUT2D eigenvalue weighted by Gasteiger charge is -2.11. The number of hydrogen-bond acceptors (Lipinski definition) is 4. The summed E-state index contributed by atoms with van der Waals surface area (Å²) in [7, 11) is 1.71. The number of aryl methyl sites for hydroxylation is 1. The standard InChI is InChI=1S/C26H26N4O4/c1-16(2)28-23(31)15-34-20-10-8-19(9-11-20)29-25(32)18-6-4-17(5-7-18)22-14-30(3)26(33)24-21(22)12-13-27-24/h4-14,16,27H,15H2,1-3H3,(H,28,31)(H,29,32). The maximum atomic E-state index is 12.7. The van der Waals surface area contributed by atoms with Crippen LogP contribution in [0.1, 0.15) is 24.2 Å². The zero-order valence-corrected chi connectivity index (χ0v) is 19.2. The second-order valence-electron chi connectivity index (χ2n) is 8.29. The lowest BCUT2D eigenvalue weighted by atomic mass is 10.0. The van der Waals surface area contributed by atoms with E-state index in [9.17, 15) is 14.4 Å². The van der Waals surface area contributed by atoms with E-state index < -0.39 is 0 Å². The third-order valence-electron chi connectivity index (χ3n) is 5.28. The number of nitrogens with zero attached hydrogens (tertiary/aromatic N) is 1. The number of nitrogens with one attached hydrogen (secondary N) is 3. The first-order valence-corrected chi connectivity index (χ1v) is 10.9. The van der Waals surface area contributed by atoms with Crippen molar-refractivity contribution in [1.29, 1.82) is 0 Å². The first kappa shape index (κ1) is 22.8. The molecule has 0 spiro atoms. The molecule has 2 aromatic carbocycles. The molecular weight excluding hydrogens is 432 g/mol. The van der Waals surface area contributed by atoms with Crippen LogP contribution in [0.2, 0.25) is 0 Å². The number of carbonyl (C=O) groups excluding carboxylic acids is 2. The minimum Gasteiger partial charge on any atom is -0.484 e. The van der Waals surface area contributed by atoms with E-state index in [0.29, 0.717) is 22.5 Å². The van der Waals surface area contributed by atoms with Crippen molar-refractivity contribution < 1.29 is 14.3 Å². The Hall–Kier alpha value is -4.33. The molecule has 0 atom stereocenters. The molecule has 0 saturated carbocycles. The number of ether oxygens (including phenoxy) is 1. The summed E-state index contributed by atoms with van der Waals surface area (Å²) in [5.41, 5.74) is 3.39. The molecule has 0 unspecified atom stereocenters. The molecule has 4 aromatic rings. The SMILES string of the molecule is CC(C)NC(=O)COc1ccc(NC(=O)c2ccc(-c3cn(C)c(=O)c4[nH]ccc34)cc2)cc1. The first-order valence-electron chi connectivity index (χ1n) is 10.9. The third-order valence-corrected chi connectivity index (χ3v) is 5.28. The predicted molar refractivity (Wildman–Crippen MR) is 132 cm³/mol. The van der Waals surface area contributed by atoms with E-state index in [2.05, 4.69) is 15.6 Å². The normalized spacial score (nSPS) is 10.9. The van der Waals surface area contributed by atoms with Crippen molar-refractivity contribution in [3.05, 3.63) is 82.9 Å². The zero-order chi connectivity index (χ0) is 24.2. The molecule has 8 heteroatoms. The van der Waals surface area contributed by atoms with Gasteiger partial charge in [0.1, 0.15) is 11.3 Å². The highest BCUT2D eigenvalue weighted by Crippen LogP contribution is 2.27. The van der Waals surface area contributed by atoms with Crippen molar-refractivity contribution in [2.75, 3.05) is 11.9 Å². The number of aromatic amines is 1. The van der Waals surface area contributed by atoms with E-state index in [4.69, 9.17) is 4.74 Å². The van der Waals surface area contributed by atoms with Crippen molar-refractivity contribution in [2.45, 2.75) is 19.9 Å². The van der Waals surface area contributed by atoms with Crippen LogP contribution < -0.4 is 20.9 Å². The second kappa shape index (κ2) is 9.66. The Balaban J connectivity index is 1.42. The fraction of sp³-hybridized carbons (Fsp3) is 0.192. The average molecular weight is 459 g/mol. The molecule has 2 heterocycles. The fourth-order valence-corrected chi connectivity index (χ4v) is 3.65. The highest BCUT2D eigenvalue weighted by molar-refractivity contribution is 6.05. The summed E-state index contributed by atoms with van der Waals surface area (Å²) >= 11 is 0. The molecule has 0 aliphatic heterocycles. The van der Waals surface area contributed by atoms with Gasteiger partial charge in [-0.05, 0) is 61.9 Å². The van der Waals surface area contributed by atoms with Crippen molar-refractivity contribution in [3.8, 4) is 16.9 Å². The van der Waals surface area contributed by atoms with Gasteiger partial charge < -0.3 is 24.9 Å². The second-order valence-corrected chi connectivity index (χ2v) is 8.29. The number of hydrogen-bond donors (Lipinski definition) is 3. The molecule has 4 rings (SSSR count). The van der Waals surface area contributed by atoms with Gasteiger partial charge in [-0.1, -0.05) is 12.1 Å². The summed E-state index contributed by atoms with van der Waals surface area (Å²) in [5, 5.41) is 6.45. The van der Waals surface area contributed by atoms with Gasteiger partial charge in [0.15, 0.2) is 6.61 Å².